The molecule has 0 bridgehead atoms. The first-order valence-corrected chi connectivity index (χ1v) is 12.9. The number of benzene rings is 2. The molecule has 0 spiro atoms. The van der Waals surface area contributed by atoms with Crippen molar-refractivity contribution < 1.29 is 18.4 Å². The molecule has 1 saturated heterocycles. The summed E-state index contributed by atoms with van der Waals surface area (Å²) in [4.78, 5) is 13.2. The quantitative estimate of drug-likeness (QED) is 0.333. The first-order chi connectivity index (χ1) is 15.9. The van der Waals surface area contributed by atoms with Gasteiger partial charge in [0.25, 0.3) is 0 Å². The Morgan fingerprint density at radius 3 is 2.79 bits per heavy atom. The molecule has 1 fully saturated rings. The third-order valence-corrected chi connectivity index (χ3v) is 7.98. The van der Waals surface area contributed by atoms with Gasteiger partial charge in [-0.1, -0.05) is 45.4 Å². The Morgan fingerprint density at radius 2 is 1.97 bits per heavy atom. The minimum Gasteiger partial charge on any atom is -0.494 e. The highest BCUT2D eigenvalue weighted by molar-refractivity contribution is 9.10. The Kier molecular flexibility index (Phi) is 5.95. The van der Waals surface area contributed by atoms with Gasteiger partial charge in [0, 0.05) is 41.6 Å². The summed E-state index contributed by atoms with van der Waals surface area (Å²) >= 11 is 3.44. The van der Waals surface area contributed by atoms with Gasteiger partial charge in [-0.25, -0.2) is 13.4 Å². The predicted molar refractivity (Wildman–Crippen MR) is 131 cm³/mol. The molecule has 2 aliphatic rings. The highest BCUT2D eigenvalue weighted by Crippen LogP contribution is 2.36. The molecule has 0 radical (unpaired) electrons. The Bertz CT molecular complexity index is 1380. The highest BCUT2D eigenvalue weighted by Gasteiger charge is 2.29. The minimum atomic E-state index is -3.42. The Hall–Kier alpha value is -2.73. The first kappa shape index (κ1) is 22.1. The van der Waals surface area contributed by atoms with Crippen LogP contribution in [0.15, 0.2) is 57.1 Å². The van der Waals surface area contributed by atoms with Gasteiger partial charge in [0.2, 0.25) is 10.0 Å². The Labute approximate surface area is 199 Å². The molecule has 172 valence electrons. The first-order valence-electron chi connectivity index (χ1n) is 10.5. The highest BCUT2D eigenvalue weighted by atomic mass is 79.9. The zero-order chi connectivity index (χ0) is 23.0. The van der Waals surface area contributed by atoms with E-state index in [0.717, 1.165) is 20.9 Å². The average Bonchev–Trinajstić information content (AvgIpc) is 3.33. The molecule has 0 saturated carbocycles. The van der Waals surface area contributed by atoms with Crippen molar-refractivity contribution in [2.24, 2.45) is 10.1 Å². The molecular formula is C22H22BrN5O4S. The van der Waals surface area contributed by atoms with Crippen molar-refractivity contribution in [2.75, 3.05) is 38.5 Å². The molecule has 1 aromatic heterocycles. The molecule has 3 N–H and O–H groups in total. The van der Waals surface area contributed by atoms with E-state index >= 15 is 0 Å². The van der Waals surface area contributed by atoms with Crippen molar-refractivity contribution in [1.29, 1.82) is 0 Å². The van der Waals surface area contributed by atoms with Crippen molar-refractivity contribution in [3.05, 3.63) is 58.1 Å². The number of halogens is 1. The van der Waals surface area contributed by atoms with Crippen LogP contribution in [-0.2, 0) is 14.9 Å². The second-order valence-electron chi connectivity index (χ2n) is 7.75. The van der Waals surface area contributed by atoms with Crippen LogP contribution >= 0.6 is 15.9 Å². The molecular weight excluding hydrogens is 510 g/mol. The van der Waals surface area contributed by atoms with Gasteiger partial charge in [0.05, 0.1) is 16.8 Å². The lowest BCUT2D eigenvalue weighted by molar-refractivity contribution is 0.160. The number of aromatic nitrogens is 1. The topological polar surface area (TPSA) is 119 Å². The van der Waals surface area contributed by atoms with E-state index < -0.39 is 10.0 Å². The maximum atomic E-state index is 12.6. The lowest BCUT2D eigenvalue weighted by Gasteiger charge is -2.26. The Balaban J connectivity index is 1.42. The molecule has 0 unspecified atom stereocenters. The number of aromatic amines is 1. The number of nitrogens with zero attached hydrogens (tertiary/aromatic N) is 3. The fourth-order valence-corrected chi connectivity index (χ4v) is 5.68. The number of nitrogens with one attached hydrogen (secondary N) is 2. The third kappa shape index (κ3) is 4.29. The third-order valence-electron chi connectivity index (χ3n) is 5.65. The molecule has 3 aromatic rings. The molecule has 0 aliphatic carbocycles. The van der Waals surface area contributed by atoms with Crippen molar-refractivity contribution in [1.82, 2.24) is 14.6 Å². The fourth-order valence-electron chi connectivity index (χ4n) is 4.04. The number of hydrogen-bond donors (Lipinski definition) is 3. The number of H-pyrrole nitrogens is 1. The Morgan fingerprint density at radius 1 is 1.18 bits per heavy atom. The van der Waals surface area contributed by atoms with E-state index in [4.69, 9.17) is 9.83 Å². The van der Waals surface area contributed by atoms with Crippen LogP contribution in [0.4, 0.5) is 5.69 Å². The largest absolute Gasteiger partial charge is 0.494 e. The van der Waals surface area contributed by atoms with Crippen LogP contribution < -0.4 is 5.32 Å². The van der Waals surface area contributed by atoms with Crippen LogP contribution in [0.3, 0.4) is 0 Å². The summed E-state index contributed by atoms with van der Waals surface area (Å²) in [6, 6.07) is 13.1. The number of rotatable bonds is 6. The second-order valence-corrected chi connectivity index (χ2v) is 10.8. The van der Waals surface area contributed by atoms with Gasteiger partial charge in [0.15, 0.2) is 5.88 Å². The summed E-state index contributed by atoms with van der Waals surface area (Å²) in [5, 5.41) is 18.9. The van der Waals surface area contributed by atoms with Crippen LogP contribution in [0.2, 0.25) is 0 Å². The minimum absolute atomic E-state index is 0.0244. The van der Waals surface area contributed by atoms with Gasteiger partial charge in [-0.15, -0.1) is 0 Å². The zero-order valence-corrected chi connectivity index (χ0v) is 20.0. The second kappa shape index (κ2) is 8.90. The van der Waals surface area contributed by atoms with Crippen molar-refractivity contribution in [2.45, 2.75) is 0 Å². The van der Waals surface area contributed by atoms with Gasteiger partial charge < -0.3 is 20.2 Å². The molecule has 5 rings (SSSR count). The molecule has 33 heavy (non-hydrogen) atoms. The van der Waals surface area contributed by atoms with Gasteiger partial charge in [0.1, 0.15) is 23.8 Å². The van der Waals surface area contributed by atoms with E-state index in [2.05, 4.69) is 31.4 Å². The average molecular weight is 532 g/mol. The van der Waals surface area contributed by atoms with Crippen molar-refractivity contribution in [3.8, 4) is 5.88 Å². The molecule has 2 aliphatic heterocycles. The summed E-state index contributed by atoms with van der Waals surface area (Å²) in [6.45, 7) is 2.11. The number of hydrogen-bond acceptors (Lipinski definition) is 7. The van der Waals surface area contributed by atoms with Gasteiger partial charge >= 0.3 is 0 Å². The summed E-state index contributed by atoms with van der Waals surface area (Å²) in [5.41, 5.74) is 3.64. The molecule has 2 aromatic carbocycles. The molecule has 11 heteroatoms. The maximum Gasteiger partial charge on any atom is 0.217 e. The molecule has 0 amide bonds. The number of aromatic hydroxyl groups is 1. The van der Waals surface area contributed by atoms with E-state index in [0.29, 0.717) is 48.9 Å². The monoisotopic (exact) mass is 531 g/mol. The number of oxime groups is 1. The smallest absolute Gasteiger partial charge is 0.217 e. The SMILES string of the molecule is O=S(=O)(CCO/N=C1/C(c2c(O)[nH]c3cc(Br)ccc23)=Nc2ccccc21)N1CCNCC1. The number of fused-ring (bicyclic) bond motifs is 2. The summed E-state index contributed by atoms with van der Waals surface area (Å²) < 4.78 is 27.5. The summed E-state index contributed by atoms with van der Waals surface area (Å²) in [5.74, 6) is -0.187. The van der Waals surface area contributed by atoms with E-state index in [1.54, 1.807) is 0 Å². The molecule has 9 nitrogen and oxygen atoms in total. The van der Waals surface area contributed by atoms with Crippen LogP contribution in [-0.4, -0.2) is 72.8 Å². The van der Waals surface area contributed by atoms with Gasteiger partial charge in [-0.05, 0) is 18.2 Å². The van der Waals surface area contributed by atoms with Gasteiger partial charge in [-0.2, -0.15) is 4.31 Å². The van der Waals surface area contributed by atoms with E-state index in [1.807, 2.05) is 42.5 Å². The lowest BCUT2D eigenvalue weighted by Crippen LogP contribution is -2.47. The summed E-state index contributed by atoms with van der Waals surface area (Å²) in [6.07, 6.45) is 0. The number of sulfonamides is 1. The van der Waals surface area contributed by atoms with E-state index in [9.17, 15) is 13.5 Å². The van der Waals surface area contributed by atoms with E-state index in [1.165, 1.54) is 4.31 Å². The molecule has 3 heterocycles. The van der Waals surface area contributed by atoms with Crippen LogP contribution in [0.25, 0.3) is 10.9 Å². The summed E-state index contributed by atoms with van der Waals surface area (Å²) in [7, 11) is -3.42. The normalized spacial score (nSPS) is 18.0. The fraction of sp³-hybridized carbons (Fsp3) is 0.273. The van der Waals surface area contributed by atoms with Gasteiger partial charge in [-0.3, -0.25) is 0 Å². The number of piperazine rings is 1. The maximum absolute atomic E-state index is 12.6. The molecule has 0 atom stereocenters. The number of para-hydroxylation sites is 1. The number of aliphatic imine (C=N–C) groups is 1. The lowest BCUT2D eigenvalue weighted by atomic mass is 10.0. The van der Waals surface area contributed by atoms with Crippen molar-refractivity contribution >= 4 is 54.0 Å². The van der Waals surface area contributed by atoms with Crippen molar-refractivity contribution in [3.63, 3.8) is 0 Å². The van der Waals surface area contributed by atoms with Crippen LogP contribution in [0.5, 0.6) is 5.88 Å². The van der Waals surface area contributed by atoms with E-state index in [-0.39, 0.29) is 18.2 Å². The van der Waals surface area contributed by atoms with Crippen LogP contribution in [0, 0.1) is 0 Å². The zero-order valence-electron chi connectivity index (χ0n) is 17.6. The standard InChI is InChI=1S/C22H22BrN5O4S/c23-14-5-6-15-18(13-14)26-22(29)19(15)21-20(16-3-1-2-4-17(16)25-21)27-32-11-12-33(30,31)28-9-7-24-8-10-28/h1-6,13,24,26,29H,7-12H2/b27-20+. The predicted octanol–water partition coefficient (Wildman–Crippen LogP) is 2.73. The van der Waals surface area contributed by atoms with Crippen LogP contribution in [0.1, 0.15) is 11.1 Å².